The number of H-pyrrole nitrogens is 1. The second kappa shape index (κ2) is 5.10. The first-order valence-electron chi connectivity index (χ1n) is 5.81. The van der Waals surface area contributed by atoms with E-state index in [2.05, 4.69) is 10.3 Å². The maximum absolute atomic E-state index is 11.9. The van der Waals surface area contributed by atoms with Gasteiger partial charge in [0.05, 0.1) is 12.6 Å². The van der Waals surface area contributed by atoms with Gasteiger partial charge in [0.25, 0.3) is 5.91 Å². The van der Waals surface area contributed by atoms with E-state index in [0.29, 0.717) is 12.2 Å². The van der Waals surface area contributed by atoms with E-state index in [0.717, 1.165) is 16.7 Å². The van der Waals surface area contributed by atoms with Crippen molar-refractivity contribution in [3.05, 3.63) is 30.0 Å². The summed E-state index contributed by atoms with van der Waals surface area (Å²) in [4.78, 5) is 14.9. The number of hydrogen-bond donors (Lipinski definition) is 3. The Bertz CT molecular complexity index is 560. The monoisotopic (exact) mass is 247 g/mol. The van der Waals surface area contributed by atoms with Gasteiger partial charge >= 0.3 is 0 Å². The van der Waals surface area contributed by atoms with Gasteiger partial charge in [-0.25, -0.2) is 0 Å². The number of amides is 1. The van der Waals surface area contributed by atoms with Crippen LogP contribution in [0.3, 0.4) is 0 Å². The first-order chi connectivity index (χ1) is 8.61. The minimum Gasteiger partial charge on any atom is -0.495 e. The summed E-state index contributed by atoms with van der Waals surface area (Å²) in [5, 5.41) is 3.71. The Morgan fingerprint density at radius 2 is 2.33 bits per heavy atom. The molecule has 2 aromatic rings. The van der Waals surface area contributed by atoms with Crippen molar-refractivity contribution >= 4 is 16.8 Å². The number of hydrogen-bond acceptors (Lipinski definition) is 3. The second-order valence-corrected chi connectivity index (χ2v) is 4.29. The molecule has 0 aliphatic heterocycles. The lowest BCUT2D eigenvalue weighted by atomic mass is 10.2. The minimum absolute atomic E-state index is 0.0622. The molecular formula is C13H17N3O2. The molecule has 5 heteroatoms. The number of carbonyl (C=O) groups is 1. The number of aromatic nitrogens is 1. The zero-order chi connectivity index (χ0) is 13.1. The molecule has 0 spiro atoms. The van der Waals surface area contributed by atoms with Crippen LogP contribution in [0.25, 0.3) is 10.9 Å². The number of nitrogens with two attached hydrogens (primary N) is 1. The fourth-order valence-electron chi connectivity index (χ4n) is 1.77. The third-order valence-corrected chi connectivity index (χ3v) is 2.67. The molecular weight excluding hydrogens is 230 g/mol. The molecule has 1 amide bonds. The Morgan fingerprint density at radius 3 is 3.00 bits per heavy atom. The third-order valence-electron chi connectivity index (χ3n) is 2.67. The lowest BCUT2D eigenvalue weighted by molar-refractivity contribution is 0.0947. The predicted octanol–water partition coefficient (Wildman–Crippen LogP) is 1.25. The van der Waals surface area contributed by atoms with Crippen LogP contribution in [-0.2, 0) is 0 Å². The number of benzene rings is 1. The number of aromatic amines is 1. The van der Waals surface area contributed by atoms with Gasteiger partial charge in [-0.2, -0.15) is 0 Å². The Morgan fingerprint density at radius 1 is 1.56 bits per heavy atom. The van der Waals surface area contributed by atoms with Gasteiger partial charge in [0.2, 0.25) is 0 Å². The lowest BCUT2D eigenvalue weighted by Crippen LogP contribution is -2.35. The largest absolute Gasteiger partial charge is 0.495 e. The molecule has 0 saturated carbocycles. The van der Waals surface area contributed by atoms with Crippen LogP contribution in [0.4, 0.5) is 0 Å². The highest BCUT2D eigenvalue weighted by Crippen LogP contribution is 2.25. The molecule has 1 aromatic heterocycles. The maximum atomic E-state index is 11.9. The molecule has 0 saturated heterocycles. The lowest BCUT2D eigenvalue weighted by Gasteiger charge is -2.06. The van der Waals surface area contributed by atoms with Gasteiger partial charge < -0.3 is 20.8 Å². The average molecular weight is 247 g/mol. The van der Waals surface area contributed by atoms with Crippen LogP contribution >= 0.6 is 0 Å². The van der Waals surface area contributed by atoms with Crippen LogP contribution < -0.4 is 15.8 Å². The van der Waals surface area contributed by atoms with Gasteiger partial charge in [0, 0.05) is 18.0 Å². The maximum Gasteiger partial charge on any atom is 0.267 e. The molecule has 1 unspecified atom stereocenters. The number of ether oxygens (including phenoxy) is 1. The van der Waals surface area contributed by atoms with E-state index >= 15 is 0 Å². The van der Waals surface area contributed by atoms with Crippen molar-refractivity contribution in [2.24, 2.45) is 5.73 Å². The molecule has 5 nitrogen and oxygen atoms in total. The van der Waals surface area contributed by atoms with E-state index in [1.807, 2.05) is 25.1 Å². The summed E-state index contributed by atoms with van der Waals surface area (Å²) in [6.07, 6.45) is 0. The highest BCUT2D eigenvalue weighted by atomic mass is 16.5. The van der Waals surface area contributed by atoms with E-state index < -0.39 is 0 Å². The predicted molar refractivity (Wildman–Crippen MR) is 70.8 cm³/mol. The standard InChI is InChI=1S/C13H17N3O2/c1-8(14)7-15-13(17)10-6-9-4-3-5-11(18-2)12(9)16-10/h3-6,8,16H,7,14H2,1-2H3,(H,15,17). The van der Waals surface area contributed by atoms with Crippen LogP contribution in [-0.4, -0.2) is 30.6 Å². The van der Waals surface area contributed by atoms with Crippen molar-refractivity contribution in [1.82, 2.24) is 10.3 Å². The Labute approximate surface area is 105 Å². The van der Waals surface area contributed by atoms with Gasteiger partial charge in [0.1, 0.15) is 11.4 Å². The van der Waals surface area contributed by atoms with Gasteiger partial charge in [-0.05, 0) is 19.1 Å². The molecule has 1 heterocycles. The number of nitrogens with one attached hydrogen (secondary N) is 2. The number of carbonyl (C=O) groups excluding carboxylic acids is 1. The first kappa shape index (κ1) is 12.4. The summed E-state index contributed by atoms with van der Waals surface area (Å²) in [5.74, 6) is 0.560. The van der Waals surface area contributed by atoms with E-state index in [1.165, 1.54) is 0 Å². The number of fused-ring (bicyclic) bond motifs is 1. The molecule has 0 aliphatic carbocycles. The Hall–Kier alpha value is -2.01. The number of rotatable bonds is 4. The molecule has 2 rings (SSSR count). The zero-order valence-electron chi connectivity index (χ0n) is 10.5. The topological polar surface area (TPSA) is 80.1 Å². The molecule has 0 aliphatic rings. The van der Waals surface area contributed by atoms with Crippen molar-refractivity contribution in [2.75, 3.05) is 13.7 Å². The highest BCUT2D eigenvalue weighted by molar-refractivity contribution is 5.99. The summed E-state index contributed by atoms with van der Waals surface area (Å²) in [7, 11) is 1.60. The number of para-hydroxylation sites is 1. The van der Waals surface area contributed by atoms with Crippen LogP contribution in [0.15, 0.2) is 24.3 Å². The number of methoxy groups -OCH3 is 1. The Kier molecular flexibility index (Phi) is 3.53. The second-order valence-electron chi connectivity index (χ2n) is 4.29. The third kappa shape index (κ3) is 2.46. The van der Waals surface area contributed by atoms with Crippen LogP contribution in [0.1, 0.15) is 17.4 Å². The van der Waals surface area contributed by atoms with Crippen LogP contribution in [0.5, 0.6) is 5.75 Å². The molecule has 0 bridgehead atoms. The molecule has 1 atom stereocenters. The fourth-order valence-corrected chi connectivity index (χ4v) is 1.77. The van der Waals surface area contributed by atoms with E-state index in [4.69, 9.17) is 10.5 Å². The zero-order valence-corrected chi connectivity index (χ0v) is 10.5. The van der Waals surface area contributed by atoms with E-state index in [9.17, 15) is 4.79 Å². The smallest absolute Gasteiger partial charge is 0.267 e. The molecule has 1 aromatic carbocycles. The molecule has 0 radical (unpaired) electrons. The van der Waals surface area contributed by atoms with Crippen molar-refractivity contribution in [3.63, 3.8) is 0 Å². The average Bonchev–Trinajstić information content (AvgIpc) is 2.79. The quantitative estimate of drug-likeness (QED) is 0.760. The SMILES string of the molecule is COc1cccc2cc(C(=O)NCC(C)N)[nH]c12. The first-order valence-corrected chi connectivity index (χ1v) is 5.81. The molecule has 0 fully saturated rings. The van der Waals surface area contributed by atoms with Gasteiger partial charge in [-0.1, -0.05) is 12.1 Å². The van der Waals surface area contributed by atoms with Crippen molar-refractivity contribution in [2.45, 2.75) is 13.0 Å². The van der Waals surface area contributed by atoms with Crippen molar-refractivity contribution in [3.8, 4) is 5.75 Å². The minimum atomic E-state index is -0.162. The summed E-state index contributed by atoms with van der Waals surface area (Å²) >= 11 is 0. The van der Waals surface area contributed by atoms with Crippen molar-refractivity contribution < 1.29 is 9.53 Å². The molecule has 18 heavy (non-hydrogen) atoms. The van der Waals surface area contributed by atoms with Gasteiger partial charge in [-0.15, -0.1) is 0 Å². The highest BCUT2D eigenvalue weighted by Gasteiger charge is 2.11. The molecule has 96 valence electrons. The van der Waals surface area contributed by atoms with Crippen LogP contribution in [0, 0.1) is 0 Å². The Balaban J connectivity index is 2.27. The fraction of sp³-hybridized carbons (Fsp3) is 0.308. The van der Waals surface area contributed by atoms with E-state index in [-0.39, 0.29) is 11.9 Å². The summed E-state index contributed by atoms with van der Waals surface area (Å²) in [6.45, 7) is 2.29. The van der Waals surface area contributed by atoms with E-state index in [1.54, 1.807) is 13.2 Å². The molecule has 4 N–H and O–H groups in total. The van der Waals surface area contributed by atoms with Crippen LogP contribution in [0.2, 0.25) is 0 Å². The summed E-state index contributed by atoms with van der Waals surface area (Å²) in [5.41, 5.74) is 6.93. The summed E-state index contributed by atoms with van der Waals surface area (Å²) in [6, 6.07) is 7.40. The van der Waals surface area contributed by atoms with Crippen molar-refractivity contribution in [1.29, 1.82) is 0 Å². The normalized spacial score (nSPS) is 12.4. The van der Waals surface area contributed by atoms with Gasteiger partial charge in [0.15, 0.2) is 0 Å². The van der Waals surface area contributed by atoms with Gasteiger partial charge in [-0.3, -0.25) is 4.79 Å². The summed E-state index contributed by atoms with van der Waals surface area (Å²) < 4.78 is 5.24.